The van der Waals surface area contributed by atoms with E-state index in [-0.39, 0.29) is 16.9 Å². The van der Waals surface area contributed by atoms with Crippen molar-refractivity contribution < 1.29 is 18.4 Å². The Morgan fingerprint density at radius 1 is 1.03 bits per heavy atom. The van der Waals surface area contributed by atoms with Crippen molar-refractivity contribution in [2.24, 2.45) is 0 Å². The number of halogens is 3. The Kier molecular flexibility index (Phi) is 5.46. The molecule has 0 radical (unpaired) electrons. The predicted octanol–water partition coefficient (Wildman–Crippen LogP) is 3.73. The first kappa shape index (κ1) is 21.1. The predicted molar refractivity (Wildman–Crippen MR) is 121 cm³/mol. The summed E-state index contributed by atoms with van der Waals surface area (Å²) in [6, 6.07) is 7.76. The van der Waals surface area contributed by atoms with Crippen molar-refractivity contribution in [3.63, 3.8) is 0 Å². The second-order valence-electron chi connectivity index (χ2n) is 8.24. The third-order valence-electron chi connectivity index (χ3n) is 6.29. The van der Waals surface area contributed by atoms with Crippen molar-refractivity contribution in [3.8, 4) is 0 Å². The number of anilines is 2. The van der Waals surface area contributed by atoms with Gasteiger partial charge < -0.3 is 10.2 Å². The van der Waals surface area contributed by atoms with E-state index in [1.54, 1.807) is 23.1 Å². The molecule has 0 bridgehead atoms. The average Bonchev–Trinajstić information content (AvgIpc) is 3.21. The van der Waals surface area contributed by atoms with Gasteiger partial charge in [-0.05, 0) is 49.7 Å². The number of hydrogen-bond acceptors (Lipinski definition) is 5. The molecule has 0 unspecified atom stereocenters. The van der Waals surface area contributed by atoms with Crippen LogP contribution in [-0.4, -0.2) is 48.9 Å². The van der Waals surface area contributed by atoms with Crippen LogP contribution in [0.15, 0.2) is 41.0 Å². The van der Waals surface area contributed by atoms with E-state index in [0.717, 1.165) is 25.9 Å². The maximum absolute atomic E-state index is 14.9. The molecule has 2 saturated heterocycles. The normalized spacial score (nSPS) is 22.0. The first-order valence-electron chi connectivity index (χ1n) is 10.5. The lowest BCUT2D eigenvalue weighted by molar-refractivity contribution is -0.114. The average molecular weight is 503 g/mol. The molecule has 2 amide bonds. The third kappa shape index (κ3) is 3.80. The van der Waals surface area contributed by atoms with Crippen LogP contribution in [0.1, 0.15) is 28.8 Å². The molecule has 0 spiro atoms. The van der Waals surface area contributed by atoms with Crippen LogP contribution in [0.5, 0.6) is 0 Å². The fraction of sp³-hybridized carbons (Fsp3) is 0.304. The maximum atomic E-state index is 14.9. The van der Waals surface area contributed by atoms with E-state index in [0.29, 0.717) is 34.7 Å². The van der Waals surface area contributed by atoms with E-state index >= 15 is 0 Å². The number of amides is 2. The minimum Gasteiger partial charge on any atom is -0.364 e. The van der Waals surface area contributed by atoms with Gasteiger partial charge in [0.1, 0.15) is 5.69 Å². The lowest BCUT2D eigenvalue weighted by Crippen LogP contribution is -2.50. The second-order valence-corrected chi connectivity index (χ2v) is 9.16. The minimum atomic E-state index is -0.649. The Balaban J connectivity index is 1.40. The van der Waals surface area contributed by atoms with Crippen LogP contribution < -0.4 is 15.5 Å². The van der Waals surface area contributed by atoms with E-state index in [2.05, 4.69) is 31.5 Å². The van der Waals surface area contributed by atoms with Crippen LogP contribution in [0.3, 0.4) is 0 Å². The number of carbonyl (C=O) groups excluding carboxylic acids is 2. The first-order valence-corrected chi connectivity index (χ1v) is 11.3. The minimum absolute atomic E-state index is 0.00923. The lowest BCUT2D eigenvalue weighted by Gasteiger charge is -2.39. The molecule has 0 aromatic heterocycles. The van der Waals surface area contributed by atoms with Gasteiger partial charge in [0.05, 0.1) is 5.57 Å². The lowest BCUT2D eigenvalue weighted by atomic mass is 9.95. The molecule has 2 N–H and O–H groups in total. The number of benzene rings is 2. The number of nitrogens with one attached hydrogen (secondary N) is 2. The quantitative estimate of drug-likeness (QED) is 0.494. The van der Waals surface area contributed by atoms with Crippen LogP contribution in [0, 0.1) is 11.6 Å². The number of piperazine rings is 1. The number of imide groups is 1. The van der Waals surface area contributed by atoms with Gasteiger partial charge in [0.15, 0.2) is 11.6 Å². The largest absolute Gasteiger partial charge is 0.364 e. The maximum Gasteiger partial charge on any atom is 0.260 e. The van der Waals surface area contributed by atoms with Gasteiger partial charge in [0.2, 0.25) is 0 Å². The Labute approximate surface area is 192 Å². The van der Waals surface area contributed by atoms with Crippen molar-refractivity contribution in [1.82, 2.24) is 10.2 Å². The molecule has 1 atom stereocenters. The molecule has 166 valence electrons. The monoisotopic (exact) mass is 502 g/mol. The van der Waals surface area contributed by atoms with E-state index < -0.39 is 23.4 Å². The zero-order valence-corrected chi connectivity index (χ0v) is 18.7. The van der Waals surface area contributed by atoms with Crippen molar-refractivity contribution in [2.75, 3.05) is 36.4 Å². The highest BCUT2D eigenvalue weighted by Gasteiger charge is 2.33. The molecule has 3 aliphatic heterocycles. The van der Waals surface area contributed by atoms with Crippen molar-refractivity contribution in [3.05, 3.63) is 63.8 Å². The fourth-order valence-corrected chi connectivity index (χ4v) is 5.10. The highest BCUT2D eigenvalue weighted by molar-refractivity contribution is 9.10. The van der Waals surface area contributed by atoms with Gasteiger partial charge in [-0.25, -0.2) is 8.78 Å². The SMILES string of the molecule is O=C1NC(=O)c2ccc(Br)cc2C1=CNc1cc(F)c(N2CCN3CCC[C@H]3C2)c(F)c1. The number of carbonyl (C=O) groups is 2. The number of hydrogen-bond donors (Lipinski definition) is 2. The Bertz CT molecular complexity index is 1130. The first-order chi connectivity index (χ1) is 15.4. The van der Waals surface area contributed by atoms with Crippen LogP contribution in [-0.2, 0) is 4.79 Å². The number of nitrogens with zero attached hydrogens (tertiary/aromatic N) is 2. The van der Waals surface area contributed by atoms with E-state index in [1.807, 2.05) is 0 Å². The summed E-state index contributed by atoms with van der Waals surface area (Å²) < 4.78 is 30.6. The van der Waals surface area contributed by atoms with Crippen LogP contribution in [0.25, 0.3) is 5.57 Å². The van der Waals surface area contributed by atoms with Gasteiger partial charge in [-0.3, -0.25) is 19.8 Å². The molecule has 2 aromatic carbocycles. The molecule has 9 heteroatoms. The number of rotatable bonds is 3. The summed E-state index contributed by atoms with van der Waals surface area (Å²) >= 11 is 3.34. The molecular weight excluding hydrogens is 482 g/mol. The topological polar surface area (TPSA) is 64.7 Å². The summed E-state index contributed by atoms with van der Waals surface area (Å²) in [6.45, 7) is 3.06. The van der Waals surface area contributed by atoms with Gasteiger partial charge in [0.25, 0.3) is 11.8 Å². The van der Waals surface area contributed by atoms with E-state index in [9.17, 15) is 18.4 Å². The zero-order valence-electron chi connectivity index (χ0n) is 17.1. The molecule has 2 aromatic rings. The van der Waals surface area contributed by atoms with Gasteiger partial charge in [0, 0.05) is 53.2 Å². The van der Waals surface area contributed by atoms with Crippen molar-refractivity contribution in [2.45, 2.75) is 18.9 Å². The molecule has 0 saturated carbocycles. The molecule has 32 heavy (non-hydrogen) atoms. The highest BCUT2D eigenvalue weighted by atomic mass is 79.9. The van der Waals surface area contributed by atoms with Crippen molar-refractivity contribution in [1.29, 1.82) is 0 Å². The van der Waals surface area contributed by atoms with E-state index in [1.165, 1.54) is 18.3 Å². The molecule has 6 nitrogen and oxygen atoms in total. The summed E-state index contributed by atoms with van der Waals surface area (Å²) in [7, 11) is 0. The molecule has 5 rings (SSSR count). The summed E-state index contributed by atoms with van der Waals surface area (Å²) in [5, 5.41) is 5.09. The number of fused-ring (bicyclic) bond motifs is 2. The standard InChI is InChI=1S/C23H21BrF2N4O2/c24-13-3-4-16-17(8-13)18(23(32)28-22(16)31)11-27-14-9-19(25)21(20(26)10-14)30-7-6-29-5-1-2-15(29)12-30/h3-4,8-11,15,27H,1-2,5-7,12H2,(H,28,31,32)/t15-/m0/s1. The summed E-state index contributed by atoms with van der Waals surface area (Å²) in [5.74, 6) is -2.37. The summed E-state index contributed by atoms with van der Waals surface area (Å²) in [6.07, 6.45) is 3.53. The second kappa shape index (κ2) is 8.29. The van der Waals surface area contributed by atoms with E-state index in [4.69, 9.17) is 0 Å². The molecule has 3 aliphatic rings. The highest BCUT2D eigenvalue weighted by Crippen LogP contribution is 2.32. The third-order valence-corrected chi connectivity index (χ3v) is 6.78. The molecular formula is C23H21BrF2N4O2. The van der Waals surface area contributed by atoms with Gasteiger partial charge in [-0.15, -0.1) is 0 Å². The molecule has 3 heterocycles. The van der Waals surface area contributed by atoms with Crippen LogP contribution >= 0.6 is 15.9 Å². The van der Waals surface area contributed by atoms with Gasteiger partial charge >= 0.3 is 0 Å². The molecule has 0 aliphatic carbocycles. The zero-order chi connectivity index (χ0) is 22.4. The van der Waals surface area contributed by atoms with Gasteiger partial charge in [-0.1, -0.05) is 15.9 Å². The van der Waals surface area contributed by atoms with Crippen molar-refractivity contribution >= 4 is 44.7 Å². The summed E-state index contributed by atoms with van der Waals surface area (Å²) in [4.78, 5) is 28.6. The Morgan fingerprint density at radius 2 is 1.81 bits per heavy atom. The Morgan fingerprint density at radius 3 is 2.59 bits per heavy atom. The summed E-state index contributed by atoms with van der Waals surface area (Å²) in [5.41, 5.74) is 1.15. The fourth-order valence-electron chi connectivity index (χ4n) is 4.74. The smallest absolute Gasteiger partial charge is 0.260 e. The van der Waals surface area contributed by atoms with Crippen LogP contribution in [0.2, 0.25) is 0 Å². The van der Waals surface area contributed by atoms with Gasteiger partial charge in [-0.2, -0.15) is 0 Å². The molecule has 2 fully saturated rings. The Hall–Kier alpha value is -2.78. The van der Waals surface area contributed by atoms with Crippen LogP contribution in [0.4, 0.5) is 20.2 Å².